The number of aliphatic hydroxyl groups is 1. The Kier molecular flexibility index (Phi) is 4.52. The van der Waals surface area contributed by atoms with E-state index in [9.17, 15) is 14.7 Å². The Hall–Kier alpha value is -1.88. The van der Waals surface area contributed by atoms with E-state index in [1.807, 2.05) is 30.3 Å². The number of amides is 1. The highest BCUT2D eigenvalue weighted by Gasteiger charge is 2.32. The summed E-state index contributed by atoms with van der Waals surface area (Å²) in [5, 5.41) is 12.1. The van der Waals surface area contributed by atoms with Crippen LogP contribution < -0.4 is 5.32 Å². The smallest absolute Gasteiger partial charge is 0.306 e. The van der Waals surface area contributed by atoms with E-state index in [0.717, 1.165) is 5.56 Å². The molecule has 1 amide bonds. The number of aliphatic hydroxyl groups excluding tert-OH is 1. The molecule has 0 bridgehead atoms. The van der Waals surface area contributed by atoms with Crippen LogP contribution in [-0.4, -0.2) is 35.7 Å². The van der Waals surface area contributed by atoms with Gasteiger partial charge in [-0.15, -0.1) is 0 Å². The molecule has 0 radical (unpaired) electrons. The van der Waals surface area contributed by atoms with E-state index in [2.05, 4.69) is 5.32 Å². The van der Waals surface area contributed by atoms with Crippen LogP contribution in [0.1, 0.15) is 18.4 Å². The van der Waals surface area contributed by atoms with Gasteiger partial charge in [0.1, 0.15) is 6.10 Å². The van der Waals surface area contributed by atoms with Crippen molar-refractivity contribution >= 4 is 11.9 Å². The molecule has 19 heavy (non-hydrogen) atoms. The van der Waals surface area contributed by atoms with Crippen LogP contribution in [0.15, 0.2) is 30.3 Å². The Morgan fingerprint density at radius 1 is 1.37 bits per heavy atom. The molecular formula is C14H17NO4. The number of rotatable bonds is 4. The number of carbonyl (C=O) groups excluding carboxylic acids is 2. The maximum atomic E-state index is 11.7. The Balaban J connectivity index is 1.79. The van der Waals surface area contributed by atoms with E-state index in [4.69, 9.17) is 4.74 Å². The third-order valence-electron chi connectivity index (χ3n) is 3.09. The summed E-state index contributed by atoms with van der Waals surface area (Å²) in [7, 11) is 0. The number of aryl methyl sites for hydroxylation is 1. The van der Waals surface area contributed by atoms with Gasteiger partial charge < -0.3 is 15.2 Å². The largest absolute Gasteiger partial charge is 0.459 e. The second-order valence-corrected chi connectivity index (χ2v) is 4.54. The summed E-state index contributed by atoms with van der Waals surface area (Å²) < 4.78 is 5.15. The molecule has 5 nitrogen and oxygen atoms in total. The monoisotopic (exact) mass is 263 g/mol. The van der Waals surface area contributed by atoms with Crippen molar-refractivity contribution in [3.05, 3.63) is 35.9 Å². The van der Waals surface area contributed by atoms with Crippen molar-refractivity contribution < 1.29 is 19.4 Å². The van der Waals surface area contributed by atoms with Crippen molar-refractivity contribution in [2.45, 2.75) is 31.5 Å². The zero-order valence-corrected chi connectivity index (χ0v) is 10.5. The normalized spacial score (nSPS) is 22.7. The van der Waals surface area contributed by atoms with Crippen molar-refractivity contribution in [1.29, 1.82) is 0 Å². The Bertz CT molecular complexity index is 446. The number of hydrogen-bond acceptors (Lipinski definition) is 4. The molecule has 1 fully saturated rings. The highest BCUT2D eigenvalue weighted by atomic mass is 16.6. The number of piperidine rings is 1. The predicted octanol–water partition coefficient (Wildman–Crippen LogP) is 0.412. The summed E-state index contributed by atoms with van der Waals surface area (Å²) in [6, 6.07) is 9.62. The van der Waals surface area contributed by atoms with Crippen LogP contribution in [0.5, 0.6) is 0 Å². The first-order valence-corrected chi connectivity index (χ1v) is 6.36. The van der Waals surface area contributed by atoms with Gasteiger partial charge in [0, 0.05) is 19.4 Å². The standard InChI is InChI=1S/C14H17NO4/c16-12(7-6-10-4-2-1-3-5-10)19-11-8-9-15-14(18)13(11)17/h1-5,11,13,17H,6-9H2,(H,15,18)/t11-,13-/m1/s1. The van der Waals surface area contributed by atoms with Gasteiger partial charge in [-0.05, 0) is 12.0 Å². The van der Waals surface area contributed by atoms with Crippen LogP contribution in [0.25, 0.3) is 0 Å². The van der Waals surface area contributed by atoms with Crippen LogP contribution in [0.2, 0.25) is 0 Å². The zero-order chi connectivity index (χ0) is 13.7. The third-order valence-corrected chi connectivity index (χ3v) is 3.09. The molecule has 5 heteroatoms. The van der Waals surface area contributed by atoms with Gasteiger partial charge in [0.05, 0.1) is 0 Å². The average Bonchev–Trinajstić information content (AvgIpc) is 2.43. The van der Waals surface area contributed by atoms with Gasteiger partial charge in [-0.25, -0.2) is 0 Å². The maximum absolute atomic E-state index is 11.7. The number of esters is 1. The molecule has 102 valence electrons. The molecule has 1 aromatic rings. The van der Waals surface area contributed by atoms with Crippen LogP contribution >= 0.6 is 0 Å². The fraction of sp³-hybridized carbons (Fsp3) is 0.429. The van der Waals surface area contributed by atoms with Gasteiger partial charge in [0.2, 0.25) is 0 Å². The number of nitrogens with one attached hydrogen (secondary N) is 1. The van der Waals surface area contributed by atoms with Gasteiger partial charge >= 0.3 is 5.97 Å². The number of benzene rings is 1. The van der Waals surface area contributed by atoms with Gasteiger partial charge in [-0.2, -0.15) is 0 Å². The van der Waals surface area contributed by atoms with E-state index in [0.29, 0.717) is 19.4 Å². The number of carbonyl (C=O) groups is 2. The lowest BCUT2D eigenvalue weighted by molar-refractivity contribution is -0.161. The number of hydrogen-bond donors (Lipinski definition) is 2. The van der Waals surface area contributed by atoms with Gasteiger partial charge in [0.25, 0.3) is 5.91 Å². The molecule has 0 aromatic heterocycles. The quantitative estimate of drug-likeness (QED) is 0.772. The average molecular weight is 263 g/mol. The lowest BCUT2D eigenvalue weighted by Gasteiger charge is -2.27. The molecule has 0 unspecified atom stereocenters. The summed E-state index contributed by atoms with van der Waals surface area (Å²) in [5.41, 5.74) is 1.06. The van der Waals surface area contributed by atoms with E-state index in [1.54, 1.807) is 0 Å². The first-order valence-electron chi connectivity index (χ1n) is 6.36. The maximum Gasteiger partial charge on any atom is 0.306 e. The third kappa shape index (κ3) is 3.79. The Morgan fingerprint density at radius 2 is 2.11 bits per heavy atom. The molecule has 0 aliphatic carbocycles. The van der Waals surface area contributed by atoms with E-state index in [-0.39, 0.29) is 12.4 Å². The molecule has 1 aliphatic rings. The minimum absolute atomic E-state index is 0.245. The minimum atomic E-state index is -1.26. The van der Waals surface area contributed by atoms with E-state index >= 15 is 0 Å². The topological polar surface area (TPSA) is 75.6 Å². The van der Waals surface area contributed by atoms with Crippen LogP contribution in [-0.2, 0) is 20.7 Å². The van der Waals surface area contributed by atoms with Crippen molar-refractivity contribution in [2.75, 3.05) is 6.54 Å². The van der Waals surface area contributed by atoms with Gasteiger partial charge in [0.15, 0.2) is 6.10 Å². The summed E-state index contributed by atoms with van der Waals surface area (Å²) in [5.74, 6) is -0.866. The molecule has 1 aliphatic heterocycles. The second-order valence-electron chi connectivity index (χ2n) is 4.54. The van der Waals surface area contributed by atoms with Crippen molar-refractivity contribution in [3.8, 4) is 0 Å². The van der Waals surface area contributed by atoms with Gasteiger partial charge in [-0.1, -0.05) is 30.3 Å². The second kappa shape index (κ2) is 6.33. The predicted molar refractivity (Wildman–Crippen MR) is 68.3 cm³/mol. The molecule has 1 aromatic carbocycles. The van der Waals surface area contributed by atoms with E-state index < -0.39 is 18.1 Å². The van der Waals surface area contributed by atoms with Crippen molar-refractivity contribution in [1.82, 2.24) is 5.32 Å². The summed E-state index contributed by atoms with van der Waals surface area (Å²) >= 11 is 0. The molecule has 0 spiro atoms. The molecule has 2 atom stereocenters. The highest BCUT2D eigenvalue weighted by molar-refractivity contribution is 5.82. The summed E-state index contributed by atoms with van der Waals surface area (Å²) in [6.45, 7) is 0.423. The molecule has 0 saturated carbocycles. The molecule has 1 saturated heterocycles. The van der Waals surface area contributed by atoms with Crippen LogP contribution in [0.3, 0.4) is 0 Å². The fourth-order valence-corrected chi connectivity index (χ4v) is 2.01. The van der Waals surface area contributed by atoms with E-state index in [1.165, 1.54) is 0 Å². The molecule has 2 N–H and O–H groups in total. The van der Waals surface area contributed by atoms with Gasteiger partial charge in [-0.3, -0.25) is 9.59 Å². The summed E-state index contributed by atoms with van der Waals surface area (Å²) in [6.07, 6.45) is -0.695. The lowest BCUT2D eigenvalue weighted by Crippen LogP contribution is -2.50. The fourth-order valence-electron chi connectivity index (χ4n) is 2.01. The number of ether oxygens (including phenoxy) is 1. The van der Waals surface area contributed by atoms with Crippen LogP contribution in [0, 0.1) is 0 Å². The molecular weight excluding hydrogens is 246 g/mol. The molecule has 2 rings (SSSR count). The highest BCUT2D eigenvalue weighted by Crippen LogP contribution is 2.11. The van der Waals surface area contributed by atoms with Crippen LogP contribution in [0.4, 0.5) is 0 Å². The first kappa shape index (κ1) is 13.5. The Labute approximate surface area is 111 Å². The Morgan fingerprint density at radius 3 is 2.84 bits per heavy atom. The van der Waals surface area contributed by atoms with Crippen molar-refractivity contribution in [3.63, 3.8) is 0 Å². The summed E-state index contributed by atoms with van der Waals surface area (Å²) in [4.78, 5) is 22.9. The lowest BCUT2D eigenvalue weighted by atomic mass is 10.1. The molecule has 1 heterocycles. The zero-order valence-electron chi connectivity index (χ0n) is 10.5. The minimum Gasteiger partial charge on any atom is -0.459 e. The SMILES string of the molecule is O=C(CCc1ccccc1)O[C@@H]1CCNC(=O)[C@@H]1O. The van der Waals surface area contributed by atoms with Crippen molar-refractivity contribution in [2.24, 2.45) is 0 Å². The first-order chi connectivity index (χ1) is 9.16.